The summed E-state index contributed by atoms with van der Waals surface area (Å²) in [4.78, 5) is 11.3. The van der Waals surface area contributed by atoms with Crippen LogP contribution < -0.4 is 0 Å². The number of hydrogen-bond donors (Lipinski definition) is 2. The second kappa shape index (κ2) is 8.24. The number of aromatic amines is 1. The number of rotatable bonds is 7. The average molecular weight is 406 g/mol. The summed E-state index contributed by atoms with van der Waals surface area (Å²) in [5, 5.41) is 27.2. The van der Waals surface area contributed by atoms with Crippen LogP contribution in [0.2, 0.25) is 0 Å². The first-order valence-electron chi connectivity index (χ1n) is 9.48. The van der Waals surface area contributed by atoms with E-state index in [0.29, 0.717) is 23.4 Å². The molecule has 0 spiro atoms. The highest BCUT2D eigenvalue weighted by Crippen LogP contribution is 2.30. The average Bonchev–Trinajstić information content (AvgIpc) is 3.40. The quantitative estimate of drug-likeness (QED) is 0.486. The number of benzene rings is 2. The number of halogens is 1. The van der Waals surface area contributed by atoms with Gasteiger partial charge < -0.3 is 5.11 Å². The van der Waals surface area contributed by atoms with Gasteiger partial charge in [-0.25, -0.2) is 14.3 Å². The maximum Gasteiger partial charge on any atom is 0.356 e. The second-order valence-electron chi connectivity index (χ2n) is 6.84. The van der Waals surface area contributed by atoms with Crippen LogP contribution >= 0.6 is 0 Å². The summed E-state index contributed by atoms with van der Waals surface area (Å²) in [6.07, 6.45) is 1.50. The van der Waals surface area contributed by atoms with Crippen molar-refractivity contribution >= 4 is 5.97 Å². The number of nitrogens with zero attached hydrogens (tertiary/aromatic N) is 5. The molecular weight excluding hydrogens is 387 g/mol. The highest BCUT2D eigenvalue weighted by atomic mass is 19.1. The largest absolute Gasteiger partial charge is 0.476 e. The summed E-state index contributed by atoms with van der Waals surface area (Å²) in [5.41, 5.74) is 3.39. The van der Waals surface area contributed by atoms with Gasteiger partial charge in [0.05, 0.1) is 6.54 Å². The van der Waals surface area contributed by atoms with Gasteiger partial charge in [-0.05, 0) is 40.1 Å². The Kier molecular flexibility index (Phi) is 5.34. The first-order valence-corrected chi connectivity index (χ1v) is 9.48. The molecule has 0 saturated carbocycles. The van der Waals surface area contributed by atoms with Crippen molar-refractivity contribution in [3.8, 4) is 22.5 Å². The smallest absolute Gasteiger partial charge is 0.356 e. The van der Waals surface area contributed by atoms with Crippen molar-refractivity contribution < 1.29 is 14.3 Å². The lowest BCUT2D eigenvalue weighted by molar-refractivity contribution is 0.0689. The van der Waals surface area contributed by atoms with Gasteiger partial charge in [0.25, 0.3) is 0 Å². The Balaban J connectivity index is 1.67. The van der Waals surface area contributed by atoms with Gasteiger partial charge in [-0.1, -0.05) is 49.7 Å². The molecule has 9 heteroatoms. The molecule has 2 aromatic heterocycles. The Morgan fingerprint density at radius 3 is 2.63 bits per heavy atom. The van der Waals surface area contributed by atoms with Crippen molar-refractivity contribution in [1.82, 2.24) is 30.4 Å². The lowest BCUT2D eigenvalue weighted by atomic mass is 9.98. The molecule has 0 aliphatic heterocycles. The van der Waals surface area contributed by atoms with E-state index in [1.165, 1.54) is 6.07 Å². The van der Waals surface area contributed by atoms with Gasteiger partial charge in [-0.15, -0.1) is 5.10 Å². The Morgan fingerprint density at radius 1 is 1.17 bits per heavy atom. The van der Waals surface area contributed by atoms with E-state index in [2.05, 4.69) is 25.7 Å². The van der Waals surface area contributed by atoms with E-state index in [1.54, 1.807) is 16.8 Å². The van der Waals surface area contributed by atoms with Crippen molar-refractivity contribution in [3.63, 3.8) is 0 Å². The molecule has 0 amide bonds. The fourth-order valence-electron chi connectivity index (χ4n) is 3.37. The summed E-state index contributed by atoms with van der Waals surface area (Å²) < 4.78 is 16.5. The van der Waals surface area contributed by atoms with Gasteiger partial charge in [0.2, 0.25) is 0 Å². The molecule has 0 bridgehead atoms. The molecule has 0 radical (unpaired) electrons. The number of H-pyrrole nitrogens is 1. The first-order chi connectivity index (χ1) is 14.6. The van der Waals surface area contributed by atoms with Crippen LogP contribution in [0, 0.1) is 5.82 Å². The number of aromatic carboxylic acids is 1. The van der Waals surface area contributed by atoms with E-state index in [9.17, 15) is 14.3 Å². The zero-order valence-electron chi connectivity index (χ0n) is 16.2. The molecule has 2 aromatic carbocycles. The number of aryl methyl sites for hydroxylation is 1. The molecule has 2 heterocycles. The van der Waals surface area contributed by atoms with Gasteiger partial charge in [0.15, 0.2) is 11.5 Å². The molecule has 4 rings (SSSR count). The summed E-state index contributed by atoms with van der Waals surface area (Å²) >= 11 is 0. The van der Waals surface area contributed by atoms with E-state index in [4.69, 9.17) is 0 Å². The SMILES string of the molecule is CCCc1cc(C(=O)O)nn1Cc1ccc(-c2ccccc2-c2nnn[nH]2)cc1F. The summed E-state index contributed by atoms with van der Waals surface area (Å²) in [6, 6.07) is 14.0. The maximum absolute atomic E-state index is 15.0. The zero-order chi connectivity index (χ0) is 21.1. The predicted molar refractivity (Wildman–Crippen MR) is 107 cm³/mol. The third-order valence-electron chi connectivity index (χ3n) is 4.80. The Hall–Kier alpha value is -3.88. The molecule has 2 N–H and O–H groups in total. The van der Waals surface area contributed by atoms with Gasteiger partial charge in [0, 0.05) is 16.8 Å². The van der Waals surface area contributed by atoms with Crippen LogP contribution in [0.3, 0.4) is 0 Å². The summed E-state index contributed by atoms with van der Waals surface area (Å²) in [6.45, 7) is 2.15. The minimum Gasteiger partial charge on any atom is -0.476 e. The Labute approximate surface area is 171 Å². The fraction of sp³-hybridized carbons (Fsp3) is 0.190. The van der Waals surface area contributed by atoms with E-state index >= 15 is 0 Å². The molecule has 152 valence electrons. The molecular formula is C21H19FN6O2. The highest BCUT2D eigenvalue weighted by molar-refractivity contribution is 5.85. The Bertz CT molecular complexity index is 1190. The summed E-state index contributed by atoms with van der Waals surface area (Å²) in [7, 11) is 0. The fourth-order valence-corrected chi connectivity index (χ4v) is 3.37. The monoisotopic (exact) mass is 406 g/mol. The molecule has 0 aliphatic rings. The van der Waals surface area contributed by atoms with Crippen LogP contribution in [0.5, 0.6) is 0 Å². The van der Waals surface area contributed by atoms with Gasteiger partial charge >= 0.3 is 5.97 Å². The topological polar surface area (TPSA) is 110 Å². The molecule has 0 fully saturated rings. The third kappa shape index (κ3) is 3.82. The zero-order valence-corrected chi connectivity index (χ0v) is 16.2. The third-order valence-corrected chi connectivity index (χ3v) is 4.80. The van der Waals surface area contributed by atoms with Crippen molar-refractivity contribution in [1.29, 1.82) is 0 Å². The molecule has 0 atom stereocenters. The standard InChI is InChI=1S/C21H19FN6O2/c1-2-5-15-11-19(21(29)30)25-28(15)12-14-9-8-13(10-18(14)22)16-6-3-4-7-17(16)20-23-26-27-24-20/h3-4,6-11H,2,5,12H2,1H3,(H,29,30)(H,23,24,26,27). The molecule has 8 nitrogen and oxygen atoms in total. The lowest BCUT2D eigenvalue weighted by Gasteiger charge is -2.11. The molecule has 0 aliphatic carbocycles. The van der Waals surface area contributed by atoms with Crippen LogP contribution in [0.1, 0.15) is 35.1 Å². The number of carboxylic acids is 1. The number of nitrogens with one attached hydrogen (secondary N) is 1. The van der Waals surface area contributed by atoms with Crippen LogP contribution in [0.4, 0.5) is 4.39 Å². The number of tetrazole rings is 1. The number of carbonyl (C=O) groups is 1. The van der Waals surface area contributed by atoms with Gasteiger partial charge in [-0.3, -0.25) is 4.68 Å². The van der Waals surface area contributed by atoms with Crippen LogP contribution in [0.25, 0.3) is 22.5 Å². The first kappa shape index (κ1) is 19.4. The highest BCUT2D eigenvalue weighted by Gasteiger charge is 2.16. The van der Waals surface area contributed by atoms with E-state index in [0.717, 1.165) is 23.2 Å². The van der Waals surface area contributed by atoms with Crippen molar-refractivity contribution in [2.75, 3.05) is 0 Å². The van der Waals surface area contributed by atoms with E-state index in [-0.39, 0.29) is 12.2 Å². The van der Waals surface area contributed by atoms with Crippen molar-refractivity contribution in [2.24, 2.45) is 0 Å². The molecule has 30 heavy (non-hydrogen) atoms. The lowest BCUT2D eigenvalue weighted by Crippen LogP contribution is -2.09. The predicted octanol–water partition coefficient (Wildman–Crippen LogP) is 3.57. The number of carboxylic acid groups (broad SMARTS) is 1. The Morgan fingerprint density at radius 2 is 1.97 bits per heavy atom. The number of hydrogen-bond acceptors (Lipinski definition) is 5. The molecule has 4 aromatic rings. The van der Waals surface area contributed by atoms with Crippen molar-refractivity contribution in [2.45, 2.75) is 26.3 Å². The van der Waals surface area contributed by atoms with Crippen LogP contribution in [0.15, 0.2) is 48.5 Å². The van der Waals surface area contributed by atoms with Crippen LogP contribution in [-0.2, 0) is 13.0 Å². The van der Waals surface area contributed by atoms with E-state index in [1.807, 2.05) is 37.3 Å². The maximum atomic E-state index is 15.0. The van der Waals surface area contributed by atoms with Crippen molar-refractivity contribution in [3.05, 3.63) is 71.3 Å². The van der Waals surface area contributed by atoms with E-state index < -0.39 is 11.8 Å². The normalized spacial score (nSPS) is 11.0. The van der Waals surface area contributed by atoms with Crippen LogP contribution in [-0.4, -0.2) is 41.5 Å². The van der Waals surface area contributed by atoms with Gasteiger partial charge in [0.1, 0.15) is 5.82 Å². The minimum absolute atomic E-state index is 0.0370. The number of aromatic nitrogens is 6. The second-order valence-corrected chi connectivity index (χ2v) is 6.84. The summed E-state index contributed by atoms with van der Waals surface area (Å²) in [5.74, 6) is -0.995. The molecule has 0 saturated heterocycles. The minimum atomic E-state index is -1.10. The van der Waals surface area contributed by atoms with Gasteiger partial charge in [-0.2, -0.15) is 5.10 Å². The molecule has 0 unspecified atom stereocenters.